The number of nitrogens with one attached hydrogen (secondary N) is 6. The highest BCUT2D eigenvalue weighted by molar-refractivity contribution is 5.90. The number of benzene rings is 1. The summed E-state index contributed by atoms with van der Waals surface area (Å²) >= 11 is 0. The maximum absolute atomic E-state index is 12.7. The molecule has 38 heavy (non-hydrogen) atoms. The molecule has 14 heteroatoms. The Morgan fingerprint density at radius 1 is 1.03 bits per heavy atom. The number of H-pyrrole nitrogens is 1. The number of nitrogens with zero attached hydrogens (tertiary/aromatic N) is 1. The smallest absolute Gasteiger partial charge is 0.329 e. The number of aromatic nitrogens is 1. The number of rotatable bonds is 18. The summed E-state index contributed by atoms with van der Waals surface area (Å²) in [4.78, 5) is 55.0. The molecule has 0 fully saturated rings. The second-order valence-corrected chi connectivity index (χ2v) is 8.61. The molecule has 0 aliphatic heterocycles. The zero-order valence-corrected chi connectivity index (χ0v) is 21.0. The summed E-state index contributed by atoms with van der Waals surface area (Å²) in [6.45, 7) is 1.09. The Morgan fingerprint density at radius 2 is 1.76 bits per heavy atom. The van der Waals surface area contributed by atoms with Crippen LogP contribution < -0.4 is 32.8 Å². The van der Waals surface area contributed by atoms with E-state index in [2.05, 4.69) is 36.9 Å². The molecule has 0 aliphatic rings. The number of urea groups is 1. The SMILES string of the molecule is NNC=NCCCCCCCNC(=O)NN[C@@H](CC(=O)O)C(=O)N[C@@H](Cc1c[nH]c2ccccc12)C(=O)O. The third-order valence-corrected chi connectivity index (χ3v) is 5.68. The number of unbranched alkanes of at least 4 members (excludes halogenated alkanes) is 4. The first kappa shape index (κ1) is 30.1. The van der Waals surface area contributed by atoms with Crippen LogP contribution in [-0.4, -0.2) is 70.6 Å². The Hall–Kier alpha value is -4.17. The van der Waals surface area contributed by atoms with E-state index in [9.17, 15) is 29.4 Å². The molecular weight excluding hydrogens is 496 g/mol. The minimum absolute atomic E-state index is 0.0170. The van der Waals surface area contributed by atoms with Crippen LogP contribution in [0.15, 0.2) is 35.5 Å². The lowest BCUT2D eigenvalue weighted by Gasteiger charge is -2.21. The van der Waals surface area contributed by atoms with Crippen LogP contribution in [0, 0.1) is 0 Å². The van der Waals surface area contributed by atoms with Gasteiger partial charge >= 0.3 is 18.0 Å². The number of nitrogens with two attached hydrogens (primary N) is 1. The van der Waals surface area contributed by atoms with Crippen molar-refractivity contribution >= 4 is 41.1 Å². The zero-order valence-electron chi connectivity index (χ0n) is 21.0. The summed E-state index contributed by atoms with van der Waals surface area (Å²) in [6.07, 6.45) is 6.99. The molecule has 1 aromatic carbocycles. The van der Waals surface area contributed by atoms with Crippen molar-refractivity contribution in [2.75, 3.05) is 13.1 Å². The van der Waals surface area contributed by atoms with E-state index in [1.165, 1.54) is 6.34 Å². The molecule has 0 unspecified atom stereocenters. The average Bonchev–Trinajstić information content (AvgIpc) is 3.29. The molecule has 2 rings (SSSR count). The van der Waals surface area contributed by atoms with Gasteiger partial charge in [-0.2, -0.15) is 0 Å². The maximum atomic E-state index is 12.7. The number of aromatic amines is 1. The van der Waals surface area contributed by atoms with Crippen LogP contribution in [0.1, 0.15) is 44.1 Å². The van der Waals surface area contributed by atoms with Gasteiger partial charge in [-0.3, -0.25) is 20.0 Å². The van der Waals surface area contributed by atoms with Crippen LogP contribution >= 0.6 is 0 Å². The van der Waals surface area contributed by atoms with Gasteiger partial charge in [-0.15, -0.1) is 0 Å². The van der Waals surface area contributed by atoms with Gasteiger partial charge in [-0.05, 0) is 24.5 Å². The van der Waals surface area contributed by atoms with Crippen molar-refractivity contribution < 1.29 is 29.4 Å². The standard InChI is InChI=1S/C24H36N8O6/c25-29-15-26-10-6-2-1-3-7-11-27-24(38)32-31-19(13-21(33)34)22(35)30-20(23(36)37)12-16-14-28-18-9-5-4-8-17(16)18/h4-5,8-9,14-15,19-20,28,31H,1-3,6-7,10-13,25H2,(H,26,29)(H,30,35)(H,33,34)(H,36,37)(H2,27,32,38)/t19-,20-/m0/s1. The van der Waals surface area contributed by atoms with E-state index in [-0.39, 0.29) is 6.42 Å². The third-order valence-electron chi connectivity index (χ3n) is 5.68. The molecule has 10 N–H and O–H groups in total. The fourth-order valence-corrected chi connectivity index (χ4v) is 3.75. The van der Waals surface area contributed by atoms with E-state index in [0.717, 1.165) is 43.0 Å². The molecular formula is C24H36N8O6. The van der Waals surface area contributed by atoms with Crippen molar-refractivity contribution in [2.24, 2.45) is 10.8 Å². The predicted molar refractivity (Wildman–Crippen MR) is 141 cm³/mol. The molecule has 3 amide bonds. The average molecular weight is 533 g/mol. The van der Waals surface area contributed by atoms with Gasteiger partial charge in [-0.25, -0.2) is 20.9 Å². The number of amides is 3. The van der Waals surface area contributed by atoms with Crippen LogP contribution in [0.2, 0.25) is 0 Å². The summed E-state index contributed by atoms with van der Waals surface area (Å²) in [5.41, 5.74) is 8.50. The molecule has 1 aromatic heterocycles. The third kappa shape index (κ3) is 10.8. The van der Waals surface area contributed by atoms with Gasteiger partial charge in [0.1, 0.15) is 12.1 Å². The van der Waals surface area contributed by atoms with Gasteiger partial charge in [0, 0.05) is 36.6 Å². The number of carboxylic acid groups (broad SMARTS) is 2. The summed E-state index contributed by atoms with van der Waals surface area (Å²) in [7, 11) is 0. The number of para-hydroxylation sites is 1. The van der Waals surface area contributed by atoms with Gasteiger partial charge in [0.25, 0.3) is 0 Å². The lowest BCUT2D eigenvalue weighted by molar-refractivity contribution is -0.143. The van der Waals surface area contributed by atoms with Crippen LogP contribution in [0.3, 0.4) is 0 Å². The number of aliphatic carboxylic acids is 2. The first-order chi connectivity index (χ1) is 18.3. The van der Waals surface area contributed by atoms with Crippen molar-refractivity contribution in [3.63, 3.8) is 0 Å². The lowest BCUT2D eigenvalue weighted by Crippen LogP contribution is -2.57. The highest BCUT2D eigenvalue weighted by Crippen LogP contribution is 2.19. The first-order valence-corrected chi connectivity index (χ1v) is 12.4. The molecule has 1 heterocycles. The molecule has 0 radical (unpaired) electrons. The normalized spacial score (nSPS) is 12.7. The molecule has 208 valence electrons. The highest BCUT2D eigenvalue weighted by atomic mass is 16.4. The number of hydrazine groups is 2. The molecule has 0 saturated heterocycles. The largest absolute Gasteiger partial charge is 0.481 e. The quantitative estimate of drug-likeness (QED) is 0.0424. The predicted octanol–water partition coefficient (Wildman–Crippen LogP) is 0.369. The van der Waals surface area contributed by atoms with Crippen LogP contribution in [0.25, 0.3) is 10.9 Å². The maximum Gasteiger partial charge on any atom is 0.329 e. The van der Waals surface area contributed by atoms with E-state index < -0.39 is 42.4 Å². The second-order valence-electron chi connectivity index (χ2n) is 8.61. The number of fused-ring (bicyclic) bond motifs is 1. The summed E-state index contributed by atoms with van der Waals surface area (Å²) in [6, 6.07) is 4.00. The Labute approximate surface area is 219 Å². The Bertz CT molecular complexity index is 1090. The van der Waals surface area contributed by atoms with E-state index >= 15 is 0 Å². The van der Waals surface area contributed by atoms with Crippen molar-refractivity contribution in [1.82, 2.24) is 31.9 Å². The number of carbonyl (C=O) groups excluding carboxylic acids is 2. The minimum Gasteiger partial charge on any atom is -0.481 e. The number of hydrogen-bond acceptors (Lipinski definition) is 7. The summed E-state index contributed by atoms with van der Waals surface area (Å²) in [5.74, 6) is 1.64. The molecule has 0 saturated carbocycles. The molecule has 14 nitrogen and oxygen atoms in total. The van der Waals surface area contributed by atoms with Crippen LogP contribution in [0.5, 0.6) is 0 Å². The van der Waals surface area contributed by atoms with Gasteiger partial charge < -0.3 is 31.3 Å². The number of hydrogen-bond donors (Lipinski definition) is 9. The fourth-order valence-electron chi connectivity index (χ4n) is 3.75. The lowest BCUT2D eigenvalue weighted by atomic mass is 10.0. The summed E-state index contributed by atoms with van der Waals surface area (Å²) in [5, 5.41) is 24.6. The van der Waals surface area contributed by atoms with Crippen molar-refractivity contribution in [3.8, 4) is 0 Å². The van der Waals surface area contributed by atoms with Crippen molar-refractivity contribution in [3.05, 3.63) is 36.0 Å². The van der Waals surface area contributed by atoms with Gasteiger partial charge in [-0.1, -0.05) is 37.5 Å². The first-order valence-electron chi connectivity index (χ1n) is 12.4. The fraction of sp³-hybridized carbons (Fsp3) is 0.458. The van der Waals surface area contributed by atoms with Crippen LogP contribution in [0.4, 0.5) is 4.79 Å². The highest BCUT2D eigenvalue weighted by Gasteiger charge is 2.28. The molecule has 0 bridgehead atoms. The van der Waals surface area contributed by atoms with Gasteiger partial charge in [0.05, 0.1) is 12.8 Å². The summed E-state index contributed by atoms with van der Waals surface area (Å²) < 4.78 is 0. The van der Waals surface area contributed by atoms with E-state index in [1.807, 2.05) is 24.3 Å². The Morgan fingerprint density at radius 3 is 2.50 bits per heavy atom. The van der Waals surface area contributed by atoms with E-state index in [4.69, 9.17) is 5.84 Å². The Kier molecular flexibility index (Phi) is 13.1. The molecule has 2 atom stereocenters. The van der Waals surface area contributed by atoms with E-state index in [0.29, 0.717) is 18.7 Å². The van der Waals surface area contributed by atoms with E-state index in [1.54, 1.807) is 6.20 Å². The molecule has 0 spiro atoms. The van der Waals surface area contributed by atoms with Crippen LogP contribution in [-0.2, 0) is 20.8 Å². The zero-order chi connectivity index (χ0) is 27.8. The van der Waals surface area contributed by atoms with Crippen molar-refractivity contribution in [2.45, 2.75) is 57.0 Å². The number of carboxylic acids is 2. The molecule has 0 aliphatic carbocycles. The van der Waals surface area contributed by atoms with Gasteiger partial charge in [0.2, 0.25) is 5.91 Å². The minimum atomic E-state index is -1.39. The number of aliphatic imine (C=N–C) groups is 1. The van der Waals surface area contributed by atoms with Gasteiger partial charge in [0.15, 0.2) is 0 Å². The molecule has 2 aromatic rings. The topological polar surface area (TPSA) is 223 Å². The number of carbonyl (C=O) groups is 4. The monoisotopic (exact) mass is 532 g/mol. The second kappa shape index (κ2) is 16.6. The Balaban J connectivity index is 1.79. The van der Waals surface area contributed by atoms with Crippen molar-refractivity contribution in [1.29, 1.82) is 0 Å².